The van der Waals surface area contributed by atoms with Gasteiger partial charge in [0, 0.05) is 11.3 Å². The molecule has 0 aliphatic rings. The van der Waals surface area contributed by atoms with Gasteiger partial charge in [-0.25, -0.2) is 13.2 Å². The van der Waals surface area contributed by atoms with Gasteiger partial charge < -0.3 is 9.47 Å². The lowest BCUT2D eigenvalue weighted by atomic mass is 10.1. The Morgan fingerprint density at radius 1 is 0.871 bits per heavy atom. The zero-order chi connectivity index (χ0) is 22.4. The van der Waals surface area contributed by atoms with Crippen molar-refractivity contribution >= 4 is 27.5 Å². The van der Waals surface area contributed by atoms with Crippen LogP contribution in [0.4, 0.5) is 5.69 Å². The van der Waals surface area contributed by atoms with E-state index in [4.69, 9.17) is 9.47 Å². The van der Waals surface area contributed by atoms with E-state index in [0.29, 0.717) is 17.0 Å². The summed E-state index contributed by atoms with van der Waals surface area (Å²) in [4.78, 5) is 24.8. The quantitative estimate of drug-likeness (QED) is 0.422. The third-order valence-corrected chi connectivity index (χ3v) is 5.81. The lowest BCUT2D eigenvalue weighted by Gasteiger charge is -2.13. The van der Waals surface area contributed by atoms with Crippen LogP contribution in [0.3, 0.4) is 0 Å². The summed E-state index contributed by atoms with van der Waals surface area (Å²) in [5, 5.41) is 0. The predicted molar refractivity (Wildman–Crippen MR) is 116 cm³/mol. The van der Waals surface area contributed by atoms with Crippen molar-refractivity contribution < 1.29 is 27.5 Å². The number of sulfonamides is 1. The van der Waals surface area contributed by atoms with Crippen molar-refractivity contribution in [1.29, 1.82) is 0 Å². The van der Waals surface area contributed by atoms with E-state index in [-0.39, 0.29) is 16.2 Å². The van der Waals surface area contributed by atoms with E-state index < -0.39 is 22.1 Å². The Morgan fingerprint density at radius 3 is 2.16 bits per heavy atom. The van der Waals surface area contributed by atoms with Crippen molar-refractivity contribution in [3.63, 3.8) is 0 Å². The topological polar surface area (TPSA) is 98.8 Å². The highest BCUT2D eigenvalue weighted by molar-refractivity contribution is 7.92. The third kappa shape index (κ3) is 5.49. The molecule has 31 heavy (non-hydrogen) atoms. The Bertz CT molecular complexity index is 1170. The number of carbonyl (C=O) groups excluding carboxylic acids is 2. The number of benzene rings is 3. The van der Waals surface area contributed by atoms with Gasteiger partial charge in [-0.2, -0.15) is 0 Å². The molecule has 3 rings (SSSR count). The van der Waals surface area contributed by atoms with Gasteiger partial charge in [0.1, 0.15) is 5.75 Å². The Kier molecular flexibility index (Phi) is 6.71. The van der Waals surface area contributed by atoms with E-state index in [1.54, 1.807) is 54.6 Å². The first-order chi connectivity index (χ1) is 14.8. The normalized spacial score (nSPS) is 11.9. The molecule has 8 heteroatoms. The van der Waals surface area contributed by atoms with E-state index in [2.05, 4.69) is 4.72 Å². The average molecular weight is 439 g/mol. The Balaban J connectivity index is 1.73. The molecule has 0 amide bonds. The van der Waals surface area contributed by atoms with Gasteiger partial charge in [-0.3, -0.25) is 9.52 Å². The molecule has 1 atom stereocenters. The number of esters is 1. The Morgan fingerprint density at radius 2 is 1.52 bits per heavy atom. The number of Topliss-reactive ketones (excluding diaryl/α,β-unsaturated/α-hetero) is 1. The summed E-state index contributed by atoms with van der Waals surface area (Å²) in [6, 6.07) is 20.3. The van der Waals surface area contributed by atoms with E-state index in [1.165, 1.54) is 38.3 Å². The number of nitrogens with one attached hydrogen (secondary N) is 1. The highest BCUT2D eigenvalue weighted by Gasteiger charge is 2.22. The number of ether oxygens (including phenoxy) is 2. The number of hydrogen-bond donors (Lipinski definition) is 1. The molecule has 0 saturated heterocycles. The molecule has 0 fully saturated rings. The van der Waals surface area contributed by atoms with Crippen molar-refractivity contribution in [1.82, 2.24) is 0 Å². The fourth-order valence-electron chi connectivity index (χ4n) is 2.78. The largest absolute Gasteiger partial charge is 0.497 e. The minimum Gasteiger partial charge on any atom is -0.497 e. The van der Waals surface area contributed by atoms with Crippen molar-refractivity contribution in [2.24, 2.45) is 0 Å². The summed E-state index contributed by atoms with van der Waals surface area (Å²) < 4.78 is 38.1. The number of ketones is 1. The molecular weight excluding hydrogens is 418 g/mol. The summed E-state index contributed by atoms with van der Waals surface area (Å²) in [6.07, 6.45) is -1.02. The molecule has 0 bridgehead atoms. The second kappa shape index (κ2) is 9.44. The second-order valence-corrected chi connectivity index (χ2v) is 8.32. The maximum Gasteiger partial charge on any atom is 0.338 e. The van der Waals surface area contributed by atoms with Crippen LogP contribution in [-0.2, 0) is 14.8 Å². The van der Waals surface area contributed by atoms with Gasteiger partial charge in [0.15, 0.2) is 6.10 Å². The number of rotatable bonds is 8. The highest BCUT2D eigenvalue weighted by Crippen LogP contribution is 2.20. The van der Waals surface area contributed by atoms with Crippen molar-refractivity contribution in [2.75, 3.05) is 11.8 Å². The van der Waals surface area contributed by atoms with Crippen LogP contribution < -0.4 is 9.46 Å². The molecule has 1 unspecified atom stereocenters. The molecule has 160 valence electrons. The van der Waals surface area contributed by atoms with E-state index >= 15 is 0 Å². The van der Waals surface area contributed by atoms with Crippen LogP contribution in [0.25, 0.3) is 0 Å². The van der Waals surface area contributed by atoms with Crippen molar-refractivity contribution in [3.05, 3.63) is 90.0 Å². The highest BCUT2D eigenvalue weighted by atomic mass is 32.2. The standard InChI is InChI=1S/C23H21NO6S/c1-16(22(25)17-7-4-3-5-8-17)30-23(26)18-9-6-10-21(15-18)31(27,28)24-19-11-13-20(29-2)14-12-19/h3-16,24H,1-2H3. The average Bonchev–Trinajstić information content (AvgIpc) is 2.79. The van der Waals surface area contributed by atoms with Crippen LogP contribution in [0, 0.1) is 0 Å². The third-order valence-electron chi connectivity index (χ3n) is 4.43. The van der Waals surface area contributed by atoms with Crippen LogP contribution in [-0.4, -0.2) is 33.4 Å². The van der Waals surface area contributed by atoms with Crippen LogP contribution in [0.15, 0.2) is 83.8 Å². The first-order valence-electron chi connectivity index (χ1n) is 9.37. The van der Waals surface area contributed by atoms with E-state index in [1.807, 2.05) is 0 Å². The molecule has 0 saturated carbocycles. The van der Waals surface area contributed by atoms with Gasteiger partial charge >= 0.3 is 5.97 Å². The monoisotopic (exact) mass is 439 g/mol. The number of hydrogen-bond acceptors (Lipinski definition) is 6. The SMILES string of the molecule is COc1ccc(NS(=O)(=O)c2cccc(C(=O)OC(C)C(=O)c3ccccc3)c2)cc1. The van der Waals surface area contributed by atoms with Crippen molar-refractivity contribution in [2.45, 2.75) is 17.9 Å². The van der Waals surface area contributed by atoms with Crippen LogP contribution in [0.5, 0.6) is 5.75 Å². The molecule has 7 nitrogen and oxygen atoms in total. The summed E-state index contributed by atoms with van der Waals surface area (Å²) in [7, 11) is -2.43. The lowest BCUT2D eigenvalue weighted by Crippen LogP contribution is -2.24. The fourth-order valence-corrected chi connectivity index (χ4v) is 3.89. The molecule has 0 aliphatic carbocycles. The smallest absolute Gasteiger partial charge is 0.338 e. The fraction of sp³-hybridized carbons (Fsp3) is 0.130. The summed E-state index contributed by atoms with van der Waals surface area (Å²) >= 11 is 0. The van der Waals surface area contributed by atoms with Gasteiger partial charge in [-0.05, 0) is 49.4 Å². The molecule has 3 aromatic rings. The minimum absolute atomic E-state index is 0.0188. The van der Waals surface area contributed by atoms with Gasteiger partial charge in [-0.15, -0.1) is 0 Å². The van der Waals surface area contributed by atoms with Gasteiger partial charge in [0.25, 0.3) is 10.0 Å². The summed E-state index contributed by atoms with van der Waals surface area (Å²) in [6.45, 7) is 1.47. The zero-order valence-corrected chi connectivity index (χ0v) is 17.8. The second-order valence-electron chi connectivity index (χ2n) is 6.64. The zero-order valence-electron chi connectivity index (χ0n) is 16.9. The van der Waals surface area contributed by atoms with Crippen LogP contribution >= 0.6 is 0 Å². The summed E-state index contributed by atoms with van der Waals surface area (Å²) in [5.74, 6) is -0.552. The van der Waals surface area contributed by atoms with Gasteiger partial charge in [0.2, 0.25) is 5.78 Å². The van der Waals surface area contributed by atoms with Gasteiger partial charge in [-0.1, -0.05) is 36.4 Å². The number of methoxy groups -OCH3 is 1. The Labute approximate surface area is 180 Å². The molecule has 0 aromatic heterocycles. The molecule has 0 radical (unpaired) electrons. The predicted octanol–water partition coefficient (Wildman–Crippen LogP) is 3.92. The molecule has 3 aromatic carbocycles. The van der Waals surface area contributed by atoms with Crippen LogP contribution in [0.2, 0.25) is 0 Å². The first kappa shape index (κ1) is 22.0. The Hall–Kier alpha value is -3.65. The van der Waals surface area contributed by atoms with E-state index in [0.717, 1.165) is 0 Å². The minimum atomic E-state index is -3.94. The number of anilines is 1. The van der Waals surface area contributed by atoms with E-state index in [9.17, 15) is 18.0 Å². The molecule has 0 aliphatic heterocycles. The molecule has 1 N–H and O–H groups in total. The van der Waals surface area contributed by atoms with Crippen molar-refractivity contribution in [3.8, 4) is 5.75 Å². The number of carbonyl (C=O) groups is 2. The molecule has 0 spiro atoms. The maximum absolute atomic E-state index is 12.7. The first-order valence-corrected chi connectivity index (χ1v) is 10.9. The molecule has 0 heterocycles. The summed E-state index contributed by atoms with van der Waals surface area (Å²) in [5.41, 5.74) is 0.781. The van der Waals surface area contributed by atoms with Crippen LogP contribution in [0.1, 0.15) is 27.6 Å². The molecular formula is C23H21NO6S. The van der Waals surface area contributed by atoms with Gasteiger partial charge in [0.05, 0.1) is 17.6 Å². The lowest BCUT2D eigenvalue weighted by molar-refractivity contribution is 0.0318. The maximum atomic E-state index is 12.7.